The Balaban J connectivity index is 2.08. The second-order valence-electron chi connectivity index (χ2n) is 3.58. The average molecular weight is 237 g/mol. The lowest BCUT2D eigenvalue weighted by Crippen LogP contribution is -2.11. The van der Waals surface area contributed by atoms with E-state index in [1.807, 2.05) is 0 Å². The molecule has 1 fully saturated rings. The molecule has 1 aromatic carbocycles. The summed E-state index contributed by atoms with van der Waals surface area (Å²) in [7, 11) is 0. The predicted octanol–water partition coefficient (Wildman–Crippen LogP) is 1.60. The molecule has 1 saturated heterocycles. The zero-order valence-electron chi connectivity index (χ0n) is 9.16. The largest absolute Gasteiger partial charge is 0.464 e. The van der Waals surface area contributed by atoms with Crippen molar-refractivity contribution in [1.82, 2.24) is 0 Å². The molecule has 0 bridgehead atoms. The van der Waals surface area contributed by atoms with Crippen LogP contribution in [-0.2, 0) is 14.3 Å². The van der Waals surface area contributed by atoms with Crippen LogP contribution in [0.4, 0.5) is 5.69 Å². The molecule has 2 atom stereocenters. The first kappa shape index (κ1) is 11.5. The number of nitro benzene ring substituents is 1. The van der Waals surface area contributed by atoms with Gasteiger partial charge in [0.25, 0.3) is 5.69 Å². The lowest BCUT2D eigenvalue weighted by atomic mass is 10.1. The van der Waals surface area contributed by atoms with Crippen molar-refractivity contribution >= 4 is 11.7 Å². The minimum absolute atomic E-state index is 0.0133. The molecule has 0 radical (unpaired) electrons. The molecule has 17 heavy (non-hydrogen) atoms. The Morgan fingerprint density at radius 3 is 3.00 bits per heavy atom. The van der Waals surface area contributed by atoms with Crippen molar-refractivity contribution in [1.29, 1.82) is 0 Å². The van der Waals surface area contributed by atoms with Crippen LogP contribution >= 0.6 is 0 Å². The van der Waals surface area contributed by atoms with Crippen LogP contribution in [0.25, 0.3) is 0 Å². The summed E-state index contributed by atoms with van der Waals surface area (Å²) < 4.78 is 9.95. The fraction of sp³-hybridized carbons (Fsp3) is 0.364. The van der Waals surface area contributed by atoms with Gasteiger partial charge in [-0.3, -0.25) is 10.1 Å². The number of hydrogen-bond donors (Lipinski definition) is 0. The number of ether oxygens (including phenoxy) is 2. The first-order valence-electron chi connectivity index (χ1n) is 5.20. The number of nitro groups is 1. The van der Waals surface area contributed by atoms with Gasteiger partial charge in [0, 0.05) is 12.1 Å². The second-order valence-corrected chi connectivity index (χ2v) is 3.58. The molecule has 0 N–H and O–H groups in total. The van der Waals surface area contributed by atoms with E-state index < -0.39 is 23.1 Å². The molecule has 1 aliphatic rings. The summed E-state index contributed by atoms with van der Waals surface area (Å²) in [5.41, 5.74) is 0.609. The van der Waals surface area contributed by atoms with Crippen molar-refractivity contribution in [2.45, 2.75) is 19.1 Å². The Morgan fingerprint density at radius 1 is 1.59 bits per heavy atom. The van der Waals surface area contributed by atoms with Crippen LogP contribution in [0.15, 0.2) is 24.3 Å². The van der Waals surface area contributed by atoms with Crippen molar-refractivity contribution < 1.29 is 19.2 Å². The minimum Gasteiger partial charge on any atom is -0.464 e. The highest BCUT2D eigenvalue weighted by Gasteiger charge is 2.47. The van der Waals surface area contributed by atoms with Gasteiger partial charge in [-0.15, -0.1) is 0 Å². The third-order valence-corrected chi connectivity index (χ3v) is 2.42. The lowest BCUT2D eigenvalue weighted by molar-refractivity contribution is -0.384. The number of esters is 1. The van der Waals surface area contributed by atoms with Gasteiger partial charge in [-0.25, -0.2) is 4.79 Å². The monoisotopic (exact) mass is 237 g/mol. The SMILES string of the molecule is CCOC(=O)[C@@H]1O[C@@H]1c1cccc([N+](=O)[O-])c1. The number of non-ortho nitro benzene ring substituents is 1. The molecule has 0 spiro atoms. The maximum absolute atomic E-state index is 11.3. The zero-order chi connectivity index (χ0) is 12.4. The first-order valence-corrected chi connectivity index (χ1v) is 5.20. The highest BCUT2D eigenvalue weighted by molar-refractivity contribution is 5.78. The van der Waals surface area contributed by atoms with Crippen LogP contribution in [0.1, 0.15) is 18.6 Å². The van der Waals surface area contributed by atoms with Crippen molar-refractivity contribution in [3.8, 4) is 0 Å². The molecule has 0 amide bonds. The van der Waals surface area contributed by atoms with Crippen molar-refractivity contribution in [3.63, 3.8) is 0 Å². The molecule has 0 saturated carbocycles. The summed E-state index contributed by atoms with van der Waals surface area (Å²) >= 11 is 0. The van der Waals surface area contributed by atoms with Crippen LogP contribution in [0.5, 0.6) is 0 Å². The molecule has 1 aromatic rings. The summed E-state index contributed by atoms with van der Waals surface area (Å²) in [4.78, 5) is 21.4. The topological polar surface area (TPSA) is 82.0 Å². The fourth-order valence-electron chi connectivity index (χ4n) is 1.58. The number of hydrogen-bond acceptors (Lipinski definition) is 5. The zero-order valence-corrected chi connectivity index (χ0v) is 9.16. The van der Waals surface area contributed by atoms with Gasteiger partial charge in [-0.05, 0) is 12.5 Å². The third-order valence-electron chi connectivity index (χ3n) is 2.42. The van der Waals surface area contributed by atoms with E-state index in [1.54, 1.807) is 19.1 Å². The summed E-state index contributed by atoms with van der Waals surface area (Å²) in [5, 5.41) is 10.6. The van der Waals surface area contributed by atoms with Gasteiger partial charge in [0.1, 0.15) is 6.10 Å². The minimum atomic E-state index is -0.628. The normalized spacial score (nSPS) is 21.9. The highest BCUT2D eigenvalue weighted by Crippen LogP contribution is 2.40. The van der Waals surface area contributed by atoms with Gasteiger partial charge < -0.3 is 9.47 Å². The van der Waals surface area contributed by atoms with Gasteiger partial charge in [-0.2, -0.15) is 0 Å². The highest BCUT2D eigenvalue weighted by atomic mass is 16.6. The molecule has 1 heterocycles. The van der Waals surface area contributed by atoms with E-state index in [1.165, 1.54) is 12.1 Å². The Labute approximate surface area is 97.3 Å². The molecule has 6 nitrogen and oxygen atoms in total. The molecular formula is C11H11NO5. The van der Waals surface area contributed by atoms with Crippen LogP contribution < -0.4 is 0 Å². The van der Waals surface area contributed by atoms with Crippen molar-refractivity contribution in [3.05, 3.63) is 39.9 Å². The van der Waals surface area contributed by atoms with E-state index in [0.29, 0.717) is 12.2 Å². The molecule has 1 aliphatic heterocycles. The molecule has 6 heteroatoms. The maximum Gasteiger partial charge on any atom is 0.338 e. The molecule has 2 rings (SSSR count). The van der Waals surface area contributed by atoms with E-state index in [2.05, 4.69) is 0 Å². The summed E-state index contributed by atoms with van der Waals surface area (Å²) in [6.45, 7) is 2.00. The Morgan fingerprint density at radius 2 is 2.35 bits per heavy atom. The quantitative estimate of drug-likeness (QED) is 0.344. The van der Waals surface area contributed by atoms with Crippen LogP contribution in [0.2, 0.25) is 0 Å². The fourth-order valence-corrected chi connectivity index (χ4v) is 1.58. The van der Waals surface area contributed by atoms with Gasteiger partial charge >= 0.3 is 5.97 Å². The Bertz CT molecular complexity index is 459. The van der Waals surface area contributed by atoms with Crippen molar-refractivity contribution in [2.75, 3.05) is 6.61 Å². The third kappa shape index (κ3) is 2.42. The van der Waals surface area contributed by atoms with E-state index in [9.17, 15) is 14.9 Å². The van der Waals surface area contributed by atoms with Crippen LogP contribution in [-0.4, -0.2) is 23.6 Å². The number of carbonyl (C=O) groups is 1. The van der Waals surface area contributed by atoms with Crippen LogP contribution in [0.3, 0.4) is 0 Å². The van der Waals surface area contributed by atoms with Crippen molar-refractivity contribution in [2.24, 2.45) is 0 Å². The predicted molar refractivity (Wildman–Crippen MR) is 57.3 cm³/mol. The summed E-state index contributed by atoms with van der Waals surface area (Å²) in [5.74, 6) is -0.427. The van der Waals surface area contributed by atoms with Crippen LogP contribution in [0, 0.1) is 10.1 Å². The maximum atomic E-state index is 11.3. The Kier molecular flexibility index (Phi) is 3.06. The van der Waals surface area contributed by atoms with E-state index in [-0.39, 0.29) is 5.69 Å². The summed E-state index contributed by atoms with van der Waals surface area (Å²) in [6, 6.07) is 6.06. The van der Waals surface area contributed by atoms with Gasteiger partial charge in [-0.1, -0.05) is 12.1 Å². The van der Waals surface area contributed by atoms with E-state index in [4.69, 9.17) is 9.47 Å². The molecule has 90 valence electrons. The second kappa shape index (κ2) is 4.50. The smallest absolute Gasteiger partial charge is 0.338 e. The molecule has 0 unspecified atom stereocenters. The first-order chi connectivity index (χ1) is 8.13. The number of nitrogens with zero attached hydrogens (tertiary/aromatic N) is 1. The van der Waals surface area contributed by atoms with Gasteiger partial charge in [0.05, 0.1) is 11.5 Å². The number of rotatable bonds is 4. The van der Waals surface area contributed by atoms with Gasteiger partial charge in [0.2, 0.25) is 0 Å². The average Bonchev–Trinajstić information content (AvgIpc) is 3.09. The number of epoxide rings is 1. The Hall–Kier alpha value is -1.95. The van der Waals surface area contributed by atoms with E-state index in [0.717, 1.165) is 0 Å². The molecular weight excluding hydrogens is 226 g/mol. The molecule has 0 aliphatic carbocycles. The van der Waals surface area contributed by atoms with E-state index >= 15 is 0 Å². The number of carbonyl (C=O) groups excluding carboxylic acids is 1. The van der Waals surface area contributed by atoms with Gasteiger partial charge in [0.15, 0.2) is 6.10 Å². The standard InChI is InChI=1S/C11H11NO5/c1-2-16-11(13)10-9(17-10)7-4-3-5-8(6-7)12(14)15/h3-6,9-10H,2H2,1H3/t9-,10-/m1/s1. The molecule has 0 aromatic heterocycles. The summed E-state index contributed by atoms with van der Waals surface area (Å²) in [6.07, 6.45) is -1.05. The number of benzene rings is 1. The lowest BCUT2D eigenvalue weighted by Gasteiger charge is -1.98.